The summed E-state index contributed by atoms with van der Waals surface area (Å²) < 4.78 is 0. The van der Waals surface area contributed by atoms with E-state index in [9.17, 15) is 4.79 Å². The molecule has 0 bridgehead atoms. The zero-order chi connectivity index (χ0) is 16.9. The fraction of sp³-hybridized carbons (Fsp3) is 0.350. The van der Waals surface area contributed by atoms with Crippen molar-refractivity contribution < 1.29 is 4.79 Å². The molecular weight excluding hydrogens is 316 g/mol. The molecule has 2 atom stereocenters. The fourth-order valence-electron chi connectivity index (χ4n) is 3.03. The van der Waals surface area contributed by atoms with Gasteiger partial charge in [0.05, 0.1) is 5.69 Å². The molecule has 2 aromatic rings. The van der Waals surface area contributed by atoms with Crippen molar-refractivity contribution in [3.63, 3.8) is 0 Å². The Morgan fingerprint density at radius 3 is 2.62 bits per heavy atom. The van der Waals surface area contributed by atoms with Crippen LogP contribution in [0.4, 0.5) is 5.69 Å². The second-order valence-corrected chi connectivity index (χ2v) is 7.55. The summed E-state index contributed by atoms with van der Waals surface area (Å²) in [7, 11) is 0. The number of benzene rings is 2. The summed E-state index contributed by atoms with van der Waals surface area (Å²) in [6.45, 7) is 2.09. The van der Waals surface area contributed by atoms with Gasteiger partial charge in [-0.05, 0) is 43.9 Å². The molecule has 0 aromatic heterocycles. The van der Waals surface area contributed by atoms with Gasteiger partial charge >= 0.3 is 0 Å². The van der Waals surface area contributed by atoms with E-state index in [0.717, 1.165) is 35.6 Å². The lowest BCUT2D eigenvalue weighted by Crippen LogP contribution is -2.23. The highest BCUT2D eigenvalue weighted by molar-refractivity contribution is 7.98. The topological polar surface area (TPSA) is 55.1 Å². The summed E-state index contributed by atoms with van der Waals surface area (Å²) in [4.78, 5) is 13.6. The number of anilines is 1. The lowest BCUT2D eigenvalue weighted by atomic mass is 10.1. The summed E-state index contributed by atoms with van der Waals surface area (Å²) in [6.07, 6.45) is 2.64. The standard InChI is InChI=1S/C20H24N2OS/c1-14-6-8-15(9-7-14)13-24-19-5-3-2-4-18(19)22-20(23)16-10-11-17(21)12-16/h2-9,16-17H,10-13,21H2,1H3,(H,22,23)/t16-,17+/m0/s1. The molecule has 126 valence electrons. The molecule has 0 heterocycles. The maximum atomic E-state index is 12.4. The van der Waals surface area contributed by atoms with Gasteiger partial charge in [-0.25, -0.2) is 0 Å². The lowest BCUT2D eigenvalue weighted by Gasteiger charge is -2.14. The monoisotopic (exact) mass is 340 g/mol. The van der Waals surface area contributed by atoms with Crippen LogP contribution >= 0.6 is 11.8 Å². The highest BCUT2D eigenvalue weighted by Gasteiger charge is 2.28. The van der Waals surface area contributed by atoms with Crippen molar-refractivity contribution in [1.29, 1.82) is 0 Å². The van der Waals surface area contributed by atoms with E-state index in [1.807, 2.05) is 18.2 Å². The molecule has 1 saturated carbocycles. The predicted octanol–water partition coefficient (Wildman–Crippen LogP) is 4.35. The van der Waals surface area contributed by atoms with E-state index < -0.39 is 0 Å². The first kappa shape index (κ1) is 17.1. The van der Waals surface area contributed by atoms with Gasteiger partial charge in [-0.1, -0.05) is 42.0 Å². The molecule has 3 nitrogen and oxygen atoms in total. The van der Waals surface area contributed by atoms with Crippen LogP contribution in [0.1, 0.15) is 30.4 Å². The third kappa shape index (κ3) is 4.40. The van der Waals surface area contributed by atoms with Crippen LogP contribution in [-0.2, 0) is 10.5 Å². The van der Waals surface area contributed by atoms with Crippen LogP contribution in [0, 0.1) is 12.8 Å². The molecule has 1 fully saturated rings. The Kier molecular flexibility index (Phi) is 5.59. The van der Waals surface area contributed by atoms with Crippen LogP contribution in [-0.4, -0.2) is 11.9 Å². The van der Waals surface area contributed by atoms with E-state index in [0.29, 0.717) is 0 Å². The number of carbonyl (C=O) groups excluding carboxylic acids is 1. The maximum absolute atomic E-state index is 12.4. The van der Waals surface area contributed by atoms with E-state index >= 15 is 0 Å². The molecule has 1 amide bonds. The number of nitrogens with one attached hydrogen (secondary N) is 1. The highest BCUT2D eigenvalue weighted by Crippen LogP contribution is 2.31. The summed E-state index contributed by atoms with van der Waals surface area (Å²) in [5.41, 5.74) is 9.38. The number of hydrogen-bond donors (Lipinski definition) is 2. The molecular formula is C20H24N2OS. The first-order valence-electron chi connectivity index (χ1n) is 8.45. The number of aryl methyl sites for hydroxylation is 1. The minimum Gasteiger partial charge on any atom is -0.328 e. The number of para-hydroxylation sites is 1. The van der Waals surface area contributed by atoms with Crippen molar-refractivity contribution in [2.24, 2.45) is 11.7 Å². The van der Waals surface area contributed by atoms with E-state index in [-0.39, 0.29) is 17.9 Å². The van der Waals surface area contributed by atoms with Crippen molar-refractivity contribution >= 4 is 23.4 Å². The molecule has 3 N–H and O–H groups in total. The molecule has 0 aliphatic heterocycles. The number of hydrogen-bond acceptors (Lipinski definition) is 3. The SMILES string of the molecule is Cc1ccc(CSc2ccccc2NC(=O)[C@H]2CC[C@@H](N)C2)cc1. The Hall–Kier alpha value is -1.78. The molecule has 0 unspecified atom stereocenters. The lowest BCUT2D eigenvalue weighted by molar-refractivity contribution is -0.119. The smallest absolute Gasteiger partial charge is 0.227 e. The molecule has 1 aliphatic rings. The molecule has 0 radical (unpaired) electrons. The number of rotatable bonds is 5. The van der Waals surface area contributed by atoms with Crippen LogP contribution in [0.15, 0.2) is 53.4 Å². The van der Waals surface area contributed by atoms with Crippen molar-refractivity contribution in [1.82, 2.24) is 0 Å². The Morgan fingerprint density at radius 1 is 1.17 bits per heavy atom. The average Bonchev–Trinajstić information content (AvgIpc) is 3.02. The van der Waals surface area contributed by atoms with E-state index in [1.54, 1.807) is 11.8 Å². The van der Waals surface area contributed by atoms with E-state index in [4.69, 9.17) is 5.73 Å². The Balaban J connectivity index is 1.64. The first-order chi connectivity index (χ1) is 11.6. The van der Waals surface area contributed by atoms with Gasteiger partial charge < -0.3 is 11.1 Å². The van der Waals surface area contributed by atoms with Gasteiger partial charge in [0.1, 0.15) is 0 Å². The Labute approximate surface area is 148 Å². The molecule has 2 aromatic carbocycles. The quantitative estimate of drug-likeness (QED) is 0.796. The Morgan fingerprint density at radius 2 is 1.92 bits per heavy atom. The number of amides is 1. The fourth-order valence-corrected chi connectivity index (χ4v) is 3.99. The summed E-state index contributed by atoms with van der Waals surface area (Å²) in [5.74, 6) is 1.04. The molecule has 0 spiro atoms. The normalized spacial score (nSPS) is 20.1. The van der Waals surface area contributed by atoms with Crippen molar-refractivity contribution in [2.45, 2.75) is 42.9 Å². The van der Waals surface area contributed by atoms with Crippen LogP contribution < -0.4 is 11.1 Å². The molecule has 3 rings (SSSR count). The number of thioether (sulfide) groups is 1. The first-order valence-corrected chi connectivity index (χ1v) is 9.44. The number of nitrogens with two attached hydrogens (primary N) is 1. The highest BCUT2D eigenvalue weighted by atomic mass is 32.2. The van der Waals surface area contributed by atoms with Crippen LogP contribution in [0.2, 0.25) is 0 Å². The third-order valence-electron chi connectivity index (χ3n) is 4.50. The maximum Gasteiger partial charge on any atom is 0.227 e. The Bertz CT molecular complexity index is 699. The molecule has 0 saturated heterocycles. The van der Waals surface area contributed by atoms with E-state index in [1.165, 1.54) is 11.1 Å². The molecule has 1 aliphatic carbocycles. The van der Waals surface area contributed by atoms with Crippen molar-refractivity contribution in [2.75, 3.05) is 5.32 Å². The van der Waals surface area contributed by atoms with Crippen molar-refractivity contribution in [3.05, 3.63) is 59.7 Å². The molecule has 24 heavy (non-hydrogen) atoms. The van der Waals surface area contributed by atoms with Gasteiger partial charge in [-0.3, -0.25) is 4.79 Å². The van der Waals surface area contributed by atoms with Gasteiger partial charge in [0.15, 0.2) is 0 Å². The average molecular weight is 340 g/mol. The van der Waals surface area contributed by atoms with Crippen LogP contribution in [0.3, 0.4) is 0 Å². The van der Waals surface area contributed by atoms with Crippen LogP contribution in [0.5, 0.6) is 0 Å². The summed E-state index contributed by atoms with van der Waals surface area (Å²) in [5, 5.41) is 3.10. The minimum absolute atomic E-state index is 0.0511. The second kappa shape index (κ2) is 7.86. The zero-order valence-corrected chi connectivity index (χ0v) is 14.8. The van der Waals surface area contributed by atoms with Crippen LogP contribution in [0.25, 0.3) is 0 Å². The van der Waals surface area contributed by atoms with Gasteiger partial charge in [0, 0.05) is 22.6 Å². The van der Waals surface area contributed by atoms with E-state index in [2.05, 4.69) is 42.6 Å². The predicted molar refractivity (Wildman–Crippen MR) is 101 cm³/mol. The second-order valence-electron chi connectivity index (χ2n) is 6.53. The van der Waals surface area contributed by atoms with Crippen molar-refractivity contribution in [3.8, 4) is 0 Å². The minimum atomic E-state index is 0.0511. The van der Waals surface area contributed by atoms with Gasteiger partial charge in [-0.15, -0.1) is 11.8 Å². The van der Waals surface area contributed by atoms with Gasteiger partial charge in [0.25, 0.3) is 0 Å². The van der Waals surface area contributed by atoms with Gasteiger partial charge in [0.2, 0.25) is 5.91 Å². The third-order valence-corrected chi connectivity index (χ3v) is 5.65. The molecule has 4 heteroatoms. The summed E-state index contributed by atoms with van der Waals surface area (Å²) in [6, 6.07) is 16.8. The summed E-state index contributed by atoms with van der Waals surface area (Å²) >= 11 is 1.75. The van der Waals surface area contributed by atoms with Gasteiger partial charge in [-0.2, -0.15) is 0 Å². The zero-order valence-electron chi connectivity index (χ0n) is 14.0. The number of carbonyl (C=O) groups is 1. The largest absolute Gasteiger partial charge is 0.328 e.